The van der Waals surface area contributed by atoms with Crippen LogP contribution in [-0.4, -0.2) is 11.9 Å². The number of hydrogen-bond donors (Lipinski definition) is 2. The van der Waals surface area contributed by atoms with Crippen LogP contribution in [0.25, 0.3) is 0 Å². The molecule has 1 aliphatic rings. The zero-order chi connectivity index (χ0) is 13.9. The van der Waals surface area contributed by atoms with Crippen LogP contribution >= 0.6 is 0 Å². The Kier molecular flexibility index (Phi) is 3.10. The summed E-state index contributed by atoms with van der Waals surface area (Å²) in [4.78, 5) is 12.2. The summed E-state index contributed by atoms with van der Waals surface area (Å²) in [5, 5.41) is 14.8. The number of para-hydroxylation sites is 1. The van der Waals surface area contributed by atoms with E-state index < -0.39 is 0 Å². The molecule has 0 aliphatic carbocycles. The second kappa shape index (κ2) is 5.06. The molecular formula is C16H13N3O. The maximum Gasteiger partial charge on any atom is 0.247 e. The van der Waals surface area contributed by atoms with Gasteiger partial charge in [-0.1, -0.05) is 18.2 Å². The zero-order valence-electron chi connectivity index (χ0n) is 10.8. The van der Waals surface area contributed by atoms with Crippen molar-refractivity contribution in [3.63, 3.8) is 0 Å². The average molecular weight is 263 g/mol. The van der Waals surface area contributed by atoms with Crippen LogP contribution in [0.5, 0.6) is 0 Å². The second-order valence-corrected chi connectivity index (χ2v) is 4.74. The van der Waals surface area contributed by atoms with Gasteiger partial charge in [-0.25, -0.2) is 0 Å². The molecule has 98 valence electrons. The number of carbonyl (C=O) groups is 1. The first-order valence-corrected chi connectivity index (χ1v) is 6.42. The van der Waals surface area contributed by atoms with Crippen molar-refractivity contribution in [3.8, 4) is 6.07 Å². The average Bonchev–Trinajstić information content (AvgIpc) is 2.92. The van der Waals surface area contributed by atoms with Gasteiger partial charge >= 0.3 is 0 Å². The third-order valence-electron chi connectivity index (χ3n) is 3.37. The maximum absolute atomic E-state index is 12.2. The molecule has 0 fully saturated rings. The van der Waals surface area contributed by atoms with E-state index in [0.717, 1.165) is 11.3 Å². The van der Waals surface area contributed by atoms with Gasteiger partial charge in [-0.3, -0.25) is 4.79 Å². The number of nitrogens with one attached hydrogen (secondary N) is 2. The van der Waals surface area contributed by atoms with Crippen LogP contribution in [0.1, 0.15) is 11.1 Å². The molecule has 4 nitrogen and oxygen atoms in total. The highest BCUT2D eigenvalue weighted by atomic mass is 16.2. The molecule has 2 N–H and O–H groups in total. The quantitative estimate of drug-likeness (QED) is 0.875. The van der Waals surface area contributed by atoms with Crippen molar-refractivity contribution in [2.45, 2.75) is 12.5 Å². The normalized spacial score (nSPS) is 15.8. The summed E-state index contributed by atoms with van der Waals surface area (Å²) in [6.45, 7) is 0. The lowest BCUT2D eigenvalue weighted by Gasteiger charge is -2.12. The molecule has 0 radical (unpaired) electrons. The predicted octanol–water partition coefficient (Wildman–Crippen LogP) is 2.53. The van der Waals surface area contributed by atoms with E-state index in [1.165, 1.54) is 0 Å². The van der Waals surface area contributed by atoms with Crippen LogP contribution in [0.4, 0.5) is 11.4 Å². The standard InChI is InChI=1S/C16H13N3O/c17-10-11-5-7-13(8-6-11)18-16(20)15-9-12-3-1-2-4-14(12)19-15/h1-8,15,19H,9H2,(H,18,20). The summed E-state index contributed by atoms with van der Waals surface area (Å²) in [7, 11) is 0. The Balaban J connectivity index is 1.68. The fourth-order valence-electron chi connectivity index (χ4n) is 2.31. The Morgan fingerprint density at radius 2 is 1.95 bits per heavy atom. The molecule has 0 aromatic heterocycles. The number of nitrogens with zero attached hydrogens (tertiary/aromatic N) is 1. The predicted molar refractivity (Wildman–Crippen MR) is 77.3 cm³/mol. The van der Waals surface area contributed by atoms with Crippen molar-refractivity contribution in [2.24, 2.45) is 0 Å². The lowest BCUT2D eigenvalue weighted by Crippen LogP contribution is -2.32. The van der Waals surface area contributed by atoms with E-state index in [4.69, 9.17) is 5.26 Å². The van der Waals surface area contributed by atoms with Crippen molar-refractivity contribution >= 4 is 17.3 Å². The van der Waals surface area contributed by atoms with Gasteiger partial charge in [0.1, 0.15) is 6.04 Å². The largest absolute Gasteiger partial charge is 0.373 e. The van der Waals surface area contributed by atoms with Crippen molar-refractivity contribution in [2.75, 3.05) is 10.6 Å². The third kappa shape index (κ3) is 2.34. The SMILES string of the molecule is N#Cc1ccc(NC(=O)C2Cc3ccccc3N2)cc1. The number of hydrogen-bond acceptors (Lipinski definition) is 3. The second-order valence-electron chi connectivity index (χ2n) is 4.74. The van der Waals surface area contributed by atoms with Gasteiger partial charge in [-0.2, -0.15) is 5.26 Å². The number of amides is 1. The summed E-state index contributed by atoms with van der Waals surface area (Å²) in [5.41, 5.74) is 3.46. The minimum absolute atomic E-state index is 0.0640. The molecule has 2 aromatic carbocycles. The zero-order valence-corrected chi connectivity index (χ0v) is 10.8. The fraction of sp³-hybridized carbons (Fsp3) is 0.125. The topological polar surface area (TPSA) is 64.9 Å². The molecule has 20 heavy (non-hydrogen) atoms. The number of carbonyl (C=O) groups excluding carboxylic acids is 1. The Labute approximate surface area is 117 Å². The molecule has 1 aliphatic heterocycles. The molecule has 4 heteroatoms. The Hall–Kier alpha value is -2.80. The number of rotatable bonds is 2. The minimum atomic E-state index is -0.247. The summed E-state index contributed by atoms with van der Waals surface area (Å²) in [5.74, 6) is -0.0640. The van der Waals surface area contributed by atoms with Gasteiger partial charge < -0.3 is 10.6 Å². The molecule has 0 saturated heterocycles. The summed E-state index contributed by atoms with van der Waals surface area (Å²) in [6.07, 6.45) is 0.693. The fourth-order valence-corrected chi connectivity index (χ4v) is 2.31. The van der Waals surface area contributed by atoms with E-state index in [1.54, 1.807) is 24.3 Å². The van der Waals surface area contributed by atoms with Crippen LogP contribution in [-0.2, 0) is 11.2 Å². The lowest BCUT2D eigenvalue weighted by molar-refractivity contribution is -0.116. The Morgan fingerprint density at radius 1 is 1.20 bits per heavy atom. The van der Waals surface area contributed by atoms with Crippen LogP contribution in [0, 0.1) is 11.3 Å². The van der Waals surface area contributed by atoms with E-state index in [0.29, 0.717) is 17.7 Å². The number of fused-ring (bicyclic) bond motifs is 1. The van der Waals surface area contributed by atoms with Gasteiger partial charge in [-0.05, 0) is 35.9 Å². The lowest BCUT2D eigenvalue weighted by atomic mass is 10.1. The monoisotopic (exact) mass is 263 g/mol. The van der Waals surface area contributed by atoms with E-state index in [1.807, 2.05) is 30.3 Å². The van der Waals surface area contributed by atoms with E-state index in [9.17, 15) is 4.79 Å². The van der Waals surface area contributed by atoms with Crippen LogP contribution in [0.15, 0.2) is 48.5 Å². The molecule has 1 unspecified atom stereocenters. The van der Waals surface area contributed by atoms with E-state index >= 15 is 0 Å². The molecule has 1 heterocycles. The van der Waals surface area contributed by atoms with Gasteiger partial charge in [-0.15, -0.1) is 0 Å². The molecule has 3 rings (SSSR count). The van der Waals surface area contributed by atoms with Crippen molar-refractivity contribution in [1.29, 1.82) is 5.26 Å². The van der Waals surface area contributed by atoms with Crippen molar-refractivity contribution in [3.05, 3.63) is 59.7 Å². The Morgan fingerprint density at radius 3 is 2.65 bits per heavy atom. The summed E-state index contributed by atoms with van der Waals surface area (Å²) < 4.78 is 0. The van der Waals surface area contributed by atoms with Gasteiger partial charge in [0.15, 0.2) is 0 Å². The Bertz CT molecular complexity index is 661. The van der Waals surface area contributed by atoms with Gasteiger partial charge in [0.2, 0.25) is 5.91 Å². The summed E-state index contributed by atoms with van der Waals surface area (Å²) in [6, 6.07) is 16.6. The third-order valence-corrected chi connectivity index (χ3v) is 3.37. The van der Waals surface area contributed by atoms with Crippen LogP contribution in [0.3, 0.4) is 0 Å². The van der Waals surface area contributed by atoms with E-state index in [2.05, 4.69) is 10.6 Å². The maximum atomic E-state index is 12.2. The summed E-state index contributed by atoms with van der Waals surface area (Å²) >= 11 is 0. The highest BCUT2D eigenvalue weighted by molar-refractivity contribution is 5.98. The van der Waals surface area contributed by atoms with E-state index in [-0.39, 0.29) is 11.9 Å². The highest BCUT2D eigenvalue weighted by Crippen LogP contribution is 2.25. The van der Waals surface area contributed by atoms with Crippen molar-refractivity contribution < 1.29 is 4.79 Å². The molecule has 1 atom stereocenters. The van der Waals surface area contributed by atoms with Crippen molar-refractivity contribution in [1.82, 2.24) is 0 Å². The van der Waals surface area contributed by atoms with Crippen LogP contribution in [0.2, 0.25) is 0 Å². The van der Waals surface area contributed by atoms with Crippen LogP contribution < -0.4 is 10.6 Å². The minimum Gasteiger partial charge on any atom is -0.373 e. The molecule has 0 bridgehead atoms. The molecule has 0 spiro atoms. The number of anilines is 2. The first-order chi connectivity index (χ1) is 9.76. The molecular weight excluding hydrogens is 250 g/mol. The first kappa shape index (κ1) is 12.2. The smallest absolute Gasteiger partial charge is 0.247 e. The number of benzene rings is 2. The molecule has 2 aromatic rings. The molecule has 1 amide bonds. The number of nitriles is 1. The van der Waals surface area contributed by atoms with Gasteiger partial charge in [0, 0.05) is 17.8 Å². The highest BCUT2D eigenvalue weighted by Gasteiger charge is 2.26. The van der Waals surface area contributed by atoms with Gasteiger partial charge in [0.05, 0.1) is 11.6 Å². The molecule has 0 saturated carbocycles. The van der Waals surface area contributed by atoms with Gasteiger partial charge in [0.25, 0.3) is 0 Å². The first-order valence-electron chi connectivity index (χ1n) is 6.42.